The summed E-state index contributed by atoms with van der Waals surface area (Å²) in [5.41, 5.74) is 1.19. The molecule has 1 aliphatic rings. The van der Waals surface area contributed by atoms with Crippen molar-refractivity contribution in [3.8, 4) is 0 Å². The number of hydrogen-bond donors (Lipinski definition) is 1. The van der Waals surface area contributed by atoms with Gasteiger partial charge in [-0.25, -0.2) is 9.97 Å². The van der Waals surface area contributed by atoms with Crippen LogP contribution in [0.15, 0.2) is 30.7 Å². The molecule has 1 N–H and O–H groups in total. The SMILES string of the molecule is COCCN(C)c1ccc(CN2C[C@H](OC)CC2c2ncc[nH]2)cn1. The molecular formula is C18H27N5O2. The van der Waals surface area contributed by atoms with Crippen molar-refractivity contribution in [1.29, 1.82) is 0 Å². The Labute approximate surface area is 149 Å². The number of hydrogen-bond acceptors (Lipinski definition) is 6. The molecule has 1 fully saturated rings. The Hall–Kier alpha value is -1.96. The summed E-state index contributed by atoms with van der Waals surface area (Å²) < 4.78 is 10.7. The molecule has 3 rings (SSSR count). The largest absolute Gasteiger partial charge is 0.383 e. The molecule has 0 bridgehead atoms. The summed E-state index contributed by atoms with van der Waals surface area (Å²) in [5, 5.41) is 0. The van der Waals surface area contributed by atoms with Crippen LogP contribution in [0.2, 0.25) is 0 Å². The predicted molar refractivity (Wildman–Crippen MR) is 96.5 cm³/mol. The first-order valence-corrected chi connectivity index (χ1v) is 8.62. The van der Waals surface area contributed by atoms with Crippen LogP contribution in [0.1, 0.15) is 23.9 Å². The molecule has 1 unspecified atom stereocenters. The Morgan fingerprint density at radius 3 is 2.84 bits per heavy atom. The molecule has 3 heterocycles. The molecule has 0 aliphatic carbocycles. The number of nitrogens with one attached hydrogen (secondary N) is 1. The second-order valence-electron chi connectivity index (χ2n) is 6.45. The van der Waals surface area contributed by atoms with Crippen LogP contribution in [-0.4, -0.2) is 66.9 Å². The molecule has 136 valence electrons. The third kappa shape index (κ3) is 4.36. The predicted octanol–water partition coefficient (Wildman–Crippen LogP) is 1.85. The number of aromatic amines is 1. The van der Waals surface area contributed by atoms with E-state index in [2.05, 4.69) is 36.9 Å². The molecule has 0 aromatic carbocycles. The summed E-state index contributed by atoms with van der Waals surface area (Å²) >= 11 is 0. The van der Waals surface area contributed by atoms with Gasteiger partial charge < -0.3 is 19.4 Å². The van der Waals surface area contributed by atoms with Gasteiger partial charge in [-0.3, -0.25) is 4.90 Å². The minimum Gasteiger partial charge on any atom is -0.383 e. The molecule has 0 amide bonds. The van der Waals surface area contributed by atoms with Gasteiger partial charge in [-0.15, -0.1) is 0 Å². The van der Waals surface area contributed by atoms with Gasteiger partial charge in [-0.05, 0) is 18.1 Å². The molecule has 2 aromatic heterocycles. The van der Waals surface area contributed by atoms with E-state index < -0.39 is 0 Å². The second-order valence-corrected chi connectivity index (χ2v) is 6.45. The van der Waals surface area contributed by atoms with Gasteiger partial charge in [0.2, 0.25) is 0 Å². The number of anilines is 1. The van der Waals surface area contributed by atoms with Crippen LogP contribution < -0.4 is 4.90 Å². The van der Waals surface area contributed by atoms with E-state index in [1.165, 1.54) is 5.56 Å². The lowest BCUT2D eigenvalue weighted by Gasteiger charge is -2.23. The first-order valence-electron chi connectivity index (χ1n) is 8.62. The van der Waals surface area contributed by atoms with E-state index in [0.29, 0.717) is 6.61 Å². The molecule has 2 aromatic rings. The van der Waals surface area contributed by atoms with Gasteiger partial charge in [0.1, 0.15) is 11.6 Å². The molecule has 25 heavy (non-hydrogen) atoms. The number of nitrogens with zero attached hydrogens (tertiary/aromatic N) is 4. The summed E-state index contributed by atoms with van der Waals surface area (Å²) in [6.45, 7) is 3.25. The number of methoxy groups -OCH3 is 2. The fourth-order valence-corrected chi connectivity index (χ4v) is 3.26. The number of imidazole rings is 1. The van der Waals surface area contributed by atoms with E-state index in [1.54, 1.807) is 20.4 Å². The van der Waals surface area contributed by atoms with E-state index in [0.717, 1.165) is 37.7 Å². The summed E-state index contributed by atoms with van der Waals surface area (Å²) in [6, 6.07) is 4.46. The van der Waals surface area contributed by atoms with E-state index in [1.807, 2.05) is 19.4 Å². The van der Waals surface area contributed by atoms with Crippen molar-refractivity contribution in [3.63, 3.8) is 0 Å². The highest BCUT2D eigenvalue weighted by Crippen LogP contribution is 2.32. The average Bonchev–Trinajstić information content (AvgIpc) is 3.29. The van der Waals surface area contributed by atoms with Crippen molar-refractivity contribution in [3.05, 3.63) is 42.1 Å². The monoisotopic (exact) mass is 345 g/mol. The molecule has 7 nitrogen and oxygen atoms in total. The highest BCUT2D eigenvalue weighted by molar-refractivity contribution is 5.38. The van der Waals surface area contributed by atoms with Crippen molar-refractivity contribution in [1.82, 2.24) is 19.9 Å². The number of likely N-dealkylation sites (tertiary alicyclic amines) is 1. The number of H-pyrrole nitrogens is 1. The van der Waals surface area contributed by atoms with Crippen LogP contribution in [0.5, 0.6) is 0 Å². The second kappa shape index (κ2) is 8.42. The summed E-state index contributed by atoms with van der Waals surface area (Å²) in [4.78, 5) is 16.8. The van der Waals surface area contributed by atoms with Crippen molar-refractivity contribution in [2.75, 3.05) is 45.9 Å². The molecule has 1 aliphatic heterocycles. The lowest BCUT2D eigenvalue weighted by molar-refractivity contribution is 0.107. The maximum Gasteiger partial charge on any atom is 0.128 e. The van der Waals surface area contributed by atoms with Gasteiger partial charge in [-0.2, -0.15) is 0 Å². The van der Waals surface area contributed by atoms with Crippen LogP contribution >= 0.6 is 0 Å². The third-order valence-corrected chi connectivity index (χ3v) is 4.75. The zero-order valence-electron chi connectivity index (χ0n) is 15.2. The molecule has 2 atom stereocenters. The number of aromatic nitrogens is 3. The summed E-state index contributed by atoms with van der Waals surface area (Å²) in [7, 11) is 5.51. The van der Waals surface area contributed by atoms with Gasteiger partial charge in [-0.1, -0.05) is 6.07 Å². The Kier molecular flexibility index (Phi) is 6.01. The minimum atomic E-state index is 0.238. The average molecular weight is 345 g/mol. The fourth-order valence-electron chi connectivity index (χ4n) is 3.26. The van der Waals surface area contributed by atoms with E-state index in [4.69, 9.17) is 9.47 Å². The maximum atomic E-state index is 5.58. The Bertz CT molecular complexity index is 631. The van der Waals surface area contributed by atoms with Crippen LogP contribution in [0, 0.1) is 0 Å². The normalized spacial score (nSPS) is 20.9. The zero-order valence-corrected chi connectivity index (χ0v) is 15.2. The zero-order chi connectivity index (χ0) is 17.6. The lowest BCUT2D eigenvalue weighted by atomic mass is 10.2. The maximum absolute atomic E-state index is 5.58. The van der Waals surface area contributed by atoms with Gasteiger partial charge in [0, 0.05) is 59.5 Å². The van der Waals surface area contributed by atoms with Crippen molar-refractivity contribution >= 4 is 5.82 Å². The molecule has 0 saturated carbocycles. The topological polar surface area (TPSA) is 66.5 Å². The Morgan fingerprint density at radius 2 is 2.20 bits per heavy atom. The Balaban J connectivity index is 1.66. The van der Waals surface area contributed by atoms with Crippen LogP contribution in [0.4, 0.5) is 5.82 Å². The fraction of sp³-hybridized carbons (Fsp3) is 0.556. The Morgan fingerprint density at radius 1 is 1.32 bits per heavy atom. The van der Waals surface area contributed by atoms with E-state index in [-0.39, 0.29) is 12.1 Å². The highest BCUT2D eigenvalue weighted by atomic mass is 16.5. The van der Waals surface area contributed by atoms with E-state index >= 15 is 0 Å². The molecule has 7 heteroatoms. The third-order valence-electron chi connectivity index (χ3n) is 4.75. The number of rotatable bonds is 8. The van der Waals surface area contributed by atoms with Crippen molar-refractivity contribution in [2.45, 2.75) is 25.1 Å². The quantitative estimate of drug-likeness (QED) is 0.788. The van der Waals surface area contributed by atoms with Crippen LogP contribution in [-0.2, 0) is 16.0 Å². The van der Waals surface area contributed by atoms with Gasteiger partial charge in [0.25, 0.3) is 0 Å². The van der Waals surface area contributed by atoms with Crippen molar-refractivity contribution in [2.24, 2.45) is 0 Å². The van der Waals surface area contributed by atoms with E-state index in [9.17, 15) is 0 Å². The van der Waals surface area contributed by atoms with Gasteiger partial charge >= 0.3 is 0 Å². The summed E-state index contributed by atoms with van der Waals surface area (Å²) in [5.74, 6) is 1.96. The molecule has 0 radical (unpaired) electrons. The first kappa shape index (κ1) is 17.8. The minimum absolute atomic E-state index is 0.238. The summed E-state index contributed by atoms with van der Waals surface area (Å²) in [6.07, 6.45) is 6.83. The molecular weight excluding hydrogens is 318 g/mol. The standard InChI is InChI=1S/C18H27N5O2/c1-22(8-9-24-2)17-5-4-14(11-21-17)12-23-13-15(25-3)10-16(23)18-19-6-7-20-18/h4-7,11,15-16H,8-10,12-13H2,1-3H3,(H,19,20)/t15-,16?/m1/s1. The molecule has 1 saturated heterocycles. The highest BCUT2D eigenvalue weighted by Gasteiger charge is 2.34. The van der Waals surface area contributed by atoms with Crippen LogP contribution in [0.25, 0.3) is 0 Å². The molecule has 0 spiro atoms. The number of likely N-dealkylation sites (N-methyl/N-ethyl adjacent to an activating group) is 1. The number of ether oxygens (including phenoxy) is 2. The lowest BCUT2D eigenvalue weighted by Crippen LogP contribution is -2.26. The number of pyridine rings is 1. The smallest absolute Gasteiger partial charge is 0.128 e. The van der Waals surface area contributed by atoms with Gasteiger partial charge in [0.15, 0.2) is 0 Å². The van der Waals surface area contributed by atoms with Crippen molar-refractivity contribution < 1.29 is 9.47 Å². The van der Waals surface area contributed by atoms with Gasteiger partial charge in [0.05, 0.1) is 18.8 Å². The first-order chi connectivity index (χ1) is 12.2. The van der Waals surface area contributed by atoms with Crippen LogP contribution in [0.3, 0.4) is 0 Å².